The highest BCUT2D eigenvalue weighted by Crippen LogP contribution is 2.39. The monoisotopic (exact) mass is 465 g/mol. The second kappa shape index (κ2) is 8.34. The average Bonchev–Trinajstić information content (AvgIpc) is 3.44. The van der Waals surface area contributed by atoms with Crippen LogP contribution in [0.5, 0.6) is 5.88 Å². The van der Waals surface area contributed by atoms with Crippen molar-refractivity contribution < 1.29 is 13.9 Å². The van der Waals surface area contributed by atoms with E-state index in [1.165, 1.54) is 13.2 Å². The molecule has 0 bridgehead atoms. The number of hydrogen-bond donors (Lipinski definition) is 1. The first-order chi connectivity index (χ1) is 16.3. The number of methoxy groups -OCH3 is 1. The van der Waals surface area contributed by atoms with Crippen LogP contribution in [0.3, 0.4) is 0 Å². The van der Waals surface area contributed by atoms with E-state index in [1.54, 1.807) is 25.0 Å². The molecular formula is C24H28FN7O2. The van der Waals surface area contributed by atoms with Gasteiger partial charge in [0, 0.05) is 43.0 Å². The van der Waals surface area contributed by atoms with E-state index in [9.17, 15) is 9.18 Å². The molecule has 9 nitrogen and oxygen atoms in total. The van der Waals surface area contributed by atoms with E-state index >= 15 is 0 Å². The molecule has 1 N–H and O–H groups in total. The van der Waals surface area contributed by atoms with Crippen LogP contribution in [-0.4, -0.2) is 61.5 Å². The molecule has 5 rings (SSSR count). The molecule has 10 heteroatoms. The molecule has 1 fully saturated rings. The summed E-state index contributed by atoms with van der Waals surface area (Å²) in [5, 5.41) is 12.2. The number of fused-ring (bicyclic) bond motifs is 1. The number of aryl methyl sites for hydroxylation is 3. The first kappa shape index (κ1) is 22.2. The van der Waals surface area contributed by atoms with Crippen molar-refractivity contribution in [1.29, 1.82) is 0 Å². The summed E-state index contributed by atoms with van der Waals surface area (Å²) in [5.41, 5.74) is 3.88. The zero-order valence-corrected chi connectivity index (χ0v) is 19.8. The van der Waals surface area contributed by atoms with Crippen LogP contribution in [0, 0.1) is 12.7 Å². The van der Waals surface area contributed by atoms with Gasteiger partial charge in [0.05, 0.1) is 31.0 Å². The Labute approximate surface area is 197 Å². The molecule has 0 aliphatic carbocycles. The van der Waals surface area contributed by atoms with Gasteiger partial charge in [-0.1, -0.05) is 0 Å². The van der Waals surface area contributed by atoms with E-state index in [2.05, 4.69) is 26.6 Å². The number of carbonyl (C=O) groups excluding carboxylic acids is 1. The minimum Gasteiger partial charge on any atom is -0.481 e. The van der Waals surface area contributed by atoms with Gasteiger partial charge in [-0.05, 0) is 44.7 Å². The number of ether oxygens (including phenoxy) is 1. The lowest BCUT2D eigenvalue weighted by Gasteiger charge is -2.36. The second-order valence-corrected chi connectivity index (χ2v) is 9.23. The first-order valence-corrected chi connectivity index (χ1v) is 11.4. The molecule has 2 aliphatic rings. The van der Waals surface area contributed by atoms with Crippen LogP contribution in [0.15, 0.2) is 24.5 Å². The van der Waals surface area contributed by atoms with E-state index in [4.69, 9.17) is 9.72 Å². The number of amides is 1. The van der Waals surface area contributed by atoms with Crippen molar-refractivity contribution in [3.63, 3.8) is 0 Å². The fourth-order valence-electron chi connectivity index (χ4n) is 5.01. The van der Waals surface area contributed by atoms with Crippen molar-refractivity contribution in [1.82, 2.24) is 29.9 Å². The molecule has 0 unspecified atom stereocenters. The summed E-state index contributed by atoms with van der Waals surface area (Å²) in [5.74, 6) is -0.0686. The minimum absolute atomic E-state index is 0.0984. The molecule has 1 spiro atoms. The predicted octanol–water partition coefficient (Wildman–Crippen LogP) is 2.86. The summed E-state index contributed by atoms with van der Waals surface area (Å²) >= 11 is 0. The molecule has 0 aromatic carbocycles. The fraction of sp³-hybridized carbons (Fsp3) is 0.458. The molecule has 3 aromatic rings. The number of pyridine rings is 2. The van der Waals surface area contributed by atoms with E-state index in [0.717, 1.165) is 53.8 Å². The summed E-state index contributed by atoms with van der Waals surface area (Å²) in [4.78, 5) is 25.3. The van der Waals surface area contributed by atoms with Crippen molar-refractivity contribution in [3.8, 4) is 17.1 Å². The highest BCUT2D eigenvalue weighted by molar-refractivity contribution is 5.84. The Morgan fingerprint density at radius 2 is 2.12 bits per heavy atom. The van der Waals surface area contributed by atoms with E-state index in [1.807, 2.05) is 11.8 Å². The molecule has 0 saturated carbocycles. The number of aromatic nitrogens is 5. The fourth-order valence-corrected chi connectivity index (χ4v) is 5.01. The number of nitrogens with zero attached hydrogens (tertiary/aromatic N) is 6. The molecule has 3 aromatic heterocycles. The van der Waals surface area contributed by atoms with E-state index in [0.29, 0.717) is 24.5 Å². The lowest BCUT2D eigenvalue weighted by atomic mass is 9.86. The minimum atomic E-state index is -0.627. The molecular weight excluding hydrogens is 437 g/mol. The maximum atomic E-state index is 14.4. The zero-order valence-electron chi connectivity index (χ0n) is 19.8. The van der Waals surface area contributed by atoms with Gasteiger partial charge in [-0.2, -0.15) is 15.0 Å². The third-order valence-electron chi connectivity index (χ3n) is 7.00. The van der Waals surface area contributed by atoms with Crippen LogP contribution < -0.4 is 10.1 Å². The van der Waals surface area contributed by atoms with Crippen molar-refractivity contribution >= 4 is 11.7 Å². The van der Waals surface area contributed by atoms with Crippen LogP contribution >= 0.6 is 0 Å². The third-order valence-corrected chi connectivity index (χ3v) is 7.00. The molecule has 2 aliphatic heterocycles. The number of nitrogens with one attached hydrogen (secondary N) is 1. The van der Waals surface area contributed by atoms with Crippen LogP contribution in [0.25, 0.3) is 11.3 Å². The second-order valence-electron chi connectivity index (χ2n) is 9.23. The third kappa shape index (κ3) is 3.86. The van der Waals surface area contributed by atoms with Gasteiger partial charge >= 0.3 is 0 Å². The quantitative estimate of drug-likeness (QED) is 0.633. The van der Waals surface area contributed by atoms with Gasteiger partial charge < -0.3 is 15.0 Å². The SMILES string of the molecule is COc1cc([C@@H](C)C(=O)N2CC[C@@]3(CCc4cc(-c5cnn(C)n5)c(C)nc4N3)C2)c(F)cn1. The summed E-state index contributed by atoms with van der Waals surface area (Å²) < 4.78 is 19.5. The smallest absolute Gasteiger partial charge is 0.230 e. The molecule has 34 heavy (non-hydrogen) atoms. The molecule has 1 saturated heterocycles. The van der Waals surface area contributed by atoms with Crippen molar-refractivity contribution in [2.45, 2.75) is 44.6 Å². The molecule has 0 radical (unpaired) electrons. The van der Waals surface area contributed by atoms with Gasteiger partial charge in [-0.25, -0.2) is 14.4 Å². The summed E-state index contributed by atoms with van der Waals surface area (Å²) in [6, 6.07) is 3.64. The Balaban J connectivity index is 1.33. The Morgan fingerprint density at radius 1 is 1.29 bits per heavy atom. The molecule has 5 heterocycles. The Bertz CT molecular complexity index is 1260. The van der Waals surface area contributed by atoms with E-state index < -0.39 is 11.7 Å². The Hall–Kier alpha value is -3.56. The van der Waals surface area contributed by atoms with Crippen LogP contribution in [0.2, 0.25) is 0 Å². The molecule has 2 atom stereocenters. The lowest BCUT2D eigenvalue weighted by Crippen LogP contribution is -2.46. The van der Waals surface area contributed by atoms with Crippen LogP contribution in [0.4, 0.5) is 10.2 Å². The van der Waals surface area contributed by atoms with Crippen LogP contribution in [0.1, 0.15) is 42.5 Å². The number of rotatable bonds is 4. The maximum Gasteiger partial charge on any atom is 0.230 e. The first-order valence-electron chi connectivity index (χ1n) is 11.4. The summed E-state index contributed by atoms with van der Waals surface area (Å²) in [6.45, 7) is 4.88. The number of hydrogen-bond acceptors (Lipinski definition) is 7. The topological polar surface area (TPSA) is 98.1 Å². The zero-order chi connectivity index (χ0) is 24.0. The number of anilines is 1. The molecule has 178 valence electrons. The number of likely N-dealkylation sites (tertiary alicyclic amines) is 1. The van der Waals surface area contributed by atoms with Crippen molar-refractivity contribution in [2.24, 2.45) is 7.05 Å². The van der Waals surface area contributed by atoms with Gasteiger partial charge in [0.15, 0.2) is 0 Å². The van der Waals surface area contributed by atoms with Gasteiger partial charge in [-0.3, -0.25) is 4.79 Å². The van der Waals surface area contributed by atoms with E-state index in [-0.39, 0.29) is 11.4 Å². The van der Waals surface area contributed by atoms with Gasteiger partial charge in [0.2, 0.25) is 11.8 Å². The summed E-state index contributed by atoms with van der Waals surface area (Å²) in [7, 11) is 3.27. The highest BCUT2D eigenvalue weighted by Gasteiger charge is 2.43. The number of carbonyl (C=O) groups is 1. The standard InChI is InChI=1S/C24H28FN7O2/c1-14(17-10-21(34-4)26-11-19(17)25)23(33)32-8-7-24(13-32)6-5-16-9-18(15(2)28-22(16)29-24)20-12-27-31(3)30-20/h9-12,14H,5-8,13H2,1-4H3,(H,28,29)/t14-,24+/m1/s1. The van der Waals surface area contributed by atoms with Crippen LogP contribution in [-0.2, 0) is 18.3 Å². The van der Waals surface area contributed by atoms with Gasteiger partial charge in [-0.15, -0.1) is 0 Å². The average molecular weight is 466 g/mol. The highest BCUT2D eigenvalue weighted by atomic mass is 19.1. The predicted molar refractivity (Wildman–Crippen MR) is 124 cm³/mol. The Kier molecular flexibility index (Phi) is 5.45. The summed E-state index contributed by atoms with van der Waals surface area (Å²) in [6.07, 6.45) is 5.42. The lowest BCUT2D eigenvalue weighted by molar-refractivity contribution is -0.131. The number of halogens is 1. The Morgan fingerprint density at radius 3 is 2.85 bits per heavy atom. The largest absolute Gasteiger partial charge is 0.481 e. The van der Waals surface area contributed by atoms with Gasteiger partial charge in [0.25, 0.3) is 0 Å². The normalized spacial score (nSPS) is 20.2. The van der Waals surface area contributed by atoms with Crippen molar-refractivity contribution in [2.75, 3.05) is 25.5 Å². The maximum absolute atomic E-state index is 14.4. The molecule has 1 amide bonds. The van der Waals surface area contributed by atoms with Gasteiger partial charge in [0.1, 0.15) is 17.3 Å². The van der Waals surface area contributed by atoms with Crippen molar-refractivity contribution in [3.05, 3.63) is 47.2 Å².